The number of sulfonamides is 1. The average molecular weight is 466 g/mol. The van der Waals surface area contributed by atoms with E-state index in [2.05, 4.69) is 4.98 Å². The minimum absolute atomic E-state index is 0.00391. The zero-order valence-electron chi connectivity index (χ0n) is 16.1. The number of amides is 1. The summed E-state index contributed by atoms with van der Waals surface area (Å²) < 4.78 is 27.2. The van der Waals surface area contributed by atoms with Crippen molar-refractivity contribution in [2.75, 3.05) is 26.2 Å². The summed E-state index contributed by atoms with van der Waals surface area (Å²) in [4.78, 5) is 17.6. The Labute approximate surface area is 185 Å². The van der Waals surface area contributed by atoms with Crippen LogP contribution in [0.25, 0.3) is 10.9 Å². The van der Waals surface area contributed by atoms with Gasteiger partial charge >= 0.3 is 0 Å². The van der Waals surface area contributed by atoms with Crippen LogP contribution in [0.2, 0.25) is 10.0 Å². The Hall–Kier alpha value is -2.06. The Morgan fingerprint density at radius 2 is 1.77 bits per heavy atom. The Bertz CT molecular complexity index is 1190. The van der Waals surface area contributed by atoms with Gasteiger partial charge in [0.2, 0.25) is 15.9 Å². The molecule has 158 valence electrons. The largest absolute Gasteiger partial charge is 0.361 e. The quantitative estimate of drug-likeness (QED) is 0.619. The summed E-state index contributed by atoms with van der Waals surface area (Å²) in [5.74, 6) is 0.0260. The second kappa shape index (κ2) is 8.59. The van der Waals surface area contributed by atoms with Crippen molar-refractivity contribution < 1.29 is 13.2 Å². The molecule has 0 atom stereocenters. The summed E-state index contributed by atoms with van der Waals surface area (Å²) in [6.07, 6.45) is 2.96. The Morgan fingerprint density at radius 3 is 2.53 bits per heavy atom. The molecule has 0 spiro atoms. The van der Waals surface area contributed by atoms with Gasteiger partial charge in [0.1, 0.15) is 4.90 Å². The number of benzene rings is 2. The van der Waals surface area contributed by atoms with Gasteiger partial charge in [-0.25, -0.2) is 8.42 Å². The highest BCUT2D eigenvalue weighted by molar-refractivity contribution is 7.89. The molecule has 1 N–H and O–H groups in total. The second-order valence-corrected chi connectivity index (χ2v) is 9.97. The Morgan fingerprint density at radius 1 is 1.03 bits per heavy atom. The van der Waals surface area contributed by atoms with Gasteiger partial charge in [0, 0.05) is 54.7 Å². The number of fused-ring (bicyclic) bond motifs is 1. The minimum Gasteiger partial charge on any atom is -0.361 e. The van der Waals surface area contributed by atoms with Crippen LogP contribution in [-0.2, 0) is 21.2 Å². The molecule has 1 fully saturated rings. The number of aromatic amines is 1. The first-order valence-electron chi connectivity index (χ1n) is 9.64. The molecule has 30 heavy (non-hydrogen) atoms. The van der Waals surface area contributed by atoms with Crippen LogP contribution in [-0.4, -0.2) is 54.7 Å². The molecular weight excluding hydrogens is 445 g/mol. The van der Waals surface area contributed by atoms with Crippen molar-refractivity contribution in [2.24, 2.45) is 0 Å². The van der Waals surface area contributed by atoms with Gasteiger partial charge < -0.3 is 9.88 Å². The number of rotatable bonds is 5. The lowest BCUT2D eigenvalue weighted by molar-refractivity contribution is -0.132. The fourth-order valence-electron chi connectivity index (χ4n) is 3.73. The third kappa shape index (κ3) is 4.21. The molecule has 0 saturated carbocycles. The number of halogens is 2. The molecule has 2 aromatic carbocycles. The van der Waals surface area contributed by atoms with Crippen molar-refractivity contribution in [3.63, 3.8) is 0 Å². The molecule has 1 aromatic heterocycles. The number of hydrogen-bond donors (Lipinski definition) is 1. The highest BCUT2D eigenvalue weighted by atomic mass is 35.5. The number of piperazine rings is 1. The van der Waals surface area contributed by atoms with Gasteiger partial charge in [0.05, 0.1) is 5.02 Å². The fourth-order valence-corrected chi connectivity index (χ4v) is 5.89. The maximum atomic E-state index is 12.9. The number of aryl methyl sites for hydroxylation is 1. The van der Waals surface area contributed by atoms with Gasteiger partial charge in [-0.05, 0) is 36.2 Å². The lowest BCUT2D eigenvalue weighted by atomic mass is 10.1. The molecule has 1 aliphatic rings. The first-order chi connectivity index (χ1) is 14.4. The molecule has 0 radical (unpaired) electrons. The third-order valence-electron chi connectivity index (χ3n) is 5.39. The first-order valence-corrected chi connectivity index (χ1v) is 11.8. The van der Waals surface area contributed by atoms with Gasteiger partial charge in [-0.2, -0.15) is 4.31 Å². The topological polar surface area (TPSA) is 73.5 Å². The average Bonchev–Trinajstić information content (AvgIpc) is 3.17. The summed E-state index contributed by atoms with van der Waals surface area (Å²) in [5.41, 5.74) is 2.16. The zero-order valence-corrected chi connectivity index (χ0v) is 18.5. The molecule has 0 unspecified atom stereocenters. The molecule has 6 nitrogen and oxygen atoms in total. The molecular formula is C21H21Cl2N3O3S. The van der Waals surface area contributed by atoms with E-state index in [4.69, 9.17) is 23.2 Å². The predicted octanol–water partition coefficient (Wildman–Crippen LogP) is 3.94. The number of hydrogen-bond acceptors (Lipinski definition) is 3. The van der Waals surface area contributed by atoms with Crippen molar-refractivity contribution in [3.8, 4) is 0 Å². The van der Waals surface area contributed by atoms with E-state index in [-0.39, 0.29) is 28.9 Å². The van der Waals surface area contributed by atoms with Crippen LogP contribution < -0.4 is 0 Å². The second-order valence-electron chi connectivity index (χ2n) is 7.22. The van der Waals surface area contributed by atoms with Crippen LogP contribution in [0.4, 0.5) is 0 Å². The van der Waals surface area contributed by atoms with Gasteiger partial charge in [-0.15, -0.1) is 0 Å². The lowest BCUT2D eigenvalue weighted by Crippen LogP contribution is -2.50. The van der Waals surface area contributed by atoms with Crippen LogP contribution in [0.5, 0.6) is 0 Å². The Balaban J connectivity index is 1.37. The van der Waals surface area contributed by atoms with E-state index < -0.39 is 10.0 Å². The van der Waals surface area contributed by atoms with Gasteiger partial charge in [-0.1, -0.05) is 41.4 Å². The van der Waals surface area contributed by atoms with Gasteiger partial charge in [0.25, 0.3) is 0 Å². The number of carbonyl (C=O) groups is 1. The van der Waals surface area contributed by atoms with Crippen molar-refractivity contribution in [1.29, 1.82) is 0 Å². The van der Waals surface area contributed by atoms with Crippen molar-refractivity contribution >= 4 is 50.0 Å². The van der Waals surface area contributed by atoms with Crippen LogP contribution in [0.3, 0.4) is 0 Å². The number of nitrogens with zero attached hydrogens (tertiary/aromatic N) is 2. The maximum absolute atomic E-state index is 12.9. The van der Waals surface area contributed by atoms with Crippen LogP contribution in [0.15, 0.2) is 53.6 Å². The molecule has 2 heterocycles. The van der Waals surface area contributed by atoms with E-state index in [9.17, 15) is 13.2 Å². The zero-order chi connectivity index (χ0) is 21.3. The lowest BCUT2D eigenvalue weighted by Gasteiger charge is -2.34. The third-order valence-corrected chi connectivity index (χ3v) is 8.00. The Kier molecular flexibility index (Phi) is 6.06. The molecule has 0 aliphatic carbocycles. The fraction of sp³-hybridized carbons (Fsp3) is 0.286. The summed E-state index contributed by atoms with van der Waals surface area (Å²) in [5, 5.41) is 1.57. The van der Waals surface area contributed by atoms with Crippen LogP contribution in [0, 0.1) is 0 Å². The maximum Gasteiger partial charge on any atom is 0.244 e. The minimum atomic E-state index is -3.76. The van der Waals surface area contributed by atoms with Crippen molar-refractivity contribution in [3.05, 3.63) is 64.3 Å². The van der Waals surface area contributed by atoms with Crippen LogP contribution in [0.1, 0.15) is 12.0 Å². The summed E-state index contributed by atoms with van der Waals surface area (Å²) in [7, 11) is -3.76. The number of nitrogens with one attached hydrogen (secondary N) is 1. The summed E-state index contributed by atoms with van der Waals surface area (Å²) >= 11 is 12.0. The van der Waals surface area contributed by atoms with Gasteiger partial charge in [-0.3, -0.25) is 4.79 Å². The van der Waals surface area contributed by atoms with Gasteiger partial charge in [0.15, 0.2) is 0 Å². The smallest absolute Gasteiger partial charge is 0.244 e. The highest BCUT2D eigenvalue weighted by Crippen LogP contribution is 2.28. The molecule has 0 bridgehead atoms. The number of carbonyl (C=O) groups excluding carboxylic acids is 1. The van der Waals surface area contributed by atoms with E-state index in [1.165, 1.54) is 16.4 Å². The molecule has 4 rings (SSSR count). The summed E-state index contributed by atoms with van der Waals surface area (Å²) in [6, 6.07) is 12.4. The summed E-state index contributed by atoms with van der Waals surface area (Å²) in [6.45, 7) is 1.16. The number of para-hydroxylation sites is 1. The number of H-pyrrole nitrogens is 1. The molecule has 1 saturated heterocycles. The normalized spacial score (nSPS) is 15.6. The molecule has 3 aromatic rings. The molecule has 1 aliphatic heterocycles. The molecule has 9 heteroatoms. The van der Waals surface area contributed by atoms with E-state index in [0.29, 0.717) is 31.0 Å². The van der Waals surface area contributed by atoms with Crippen molar-refractivity contribution in [2.45, 2.75) is 17.7 Å². The van der Waals surface area contributed by atoms with E-state index in [0.717, 1.165) is 16.5 Å². The van der Waals surface area contributed by atoms with Crippen molar-refractivity contribution in [1.82, 2.24) is 14.2 Å². The van der Waals surface area contributed by atoms with E-state index in [1.807, 2.05) is 30.5 Å². The highest BCUT2D eigenvalue weighted by Gasteiger charge is 2.31. The predicted molar refractivity (Wildman–Crippen MR) is 118 cm³/mol. The standard InChI is InChI=1S/C21H21Cl2N3O3S/c22-16-6-7-18(23)20(13-16)30(28,29)26-11-9-25(10-12-26)21(27)8-5-15-14-24-19-4-2-1-3-17(15)19/h1-4,6-7,13-14,24H,5,8-12H2. The van der Waals surface area contributed by atoms with Crippen LogP contribution >= 0.6 is 23.2 Å². The van der Waals surface area contributed by atoms with E-state index >= 15 is 0 Å². The number of aromatic nitrogens is 1. The monoisotopic (exact) mass is 465 g/mol. The molecule has 1 amide bonds. The first kappa shape index (κ1) is 21.2. The van der Waals surface area contributed by atoms with E-state index in [1.54, 1.807) is 11.0 Å². The SMILES string of the molecule is O=C(CCc1c[nH]c2ccccc12)N1CCN(S(=O)(=O)c2cc(Cl)ccc2Cl)CC1.